The maximum atomic E-state index is 5.63. The second kappa shape index (κ2) is 5.44. The van der Waals surface area contributed by atoms with Gasteiger partial charge >= 0.3 is 0 Å². The Kier molecular flexibility index (Phi) is 3.91. The van der Waals surface area contributed by atoms with Crippen LogP contribution in [0.15, 0.2) is 11.6 Å². The Morgan fingerprint density at radius 3 is 3.36 bits per heavy atom. The summed E-state index contributed by atoms with van der Waals surface area (Å²) in [5, 5.41) is 6.45. The molecule has 1 N–H and O–H groups in total. The van der Waals surface area contributed by atoms with E-state index >= 15 is 0 Å². The molecule has 0 amide bonds. The normalized spacial score (nSPS) is 22.4. The Hall–Kier alpha value is -0.450. The quantitative estimate of drug-likeness (QED) is 0.824. The number of nitrogens with zero attached hydrogens (tertiary/aromatic N) is 1. The molecule has 1 aliphatic heterocycles. The fourth-order valence-electron chi connectivity index (χ4n) is 1.70. The van der Waals surface area contributed by atoms with Crippen LogP contribution in [0.1, 0.15) is 17.8 Å². The summed E-state index contributed by atoms with van der Waals surface area (Å²) in [5.74, 6) is 0.698. The lowest BCUT2D eigenvalue weighted by Crippen LogP contribution is -2.32. The van der Waals surface area contributed by atoms with Gasteiger partial charge in [-0.15, -0.1) is 11.3 Å². The molecule has 1 aliphatic rings. The van der Waals surface area contributed by atoms with Crippen molar-refractivity contribution in [3.63, 3.8) is 0 Å². The van der Waals surface area contributed by atoms with Crippen molar-refractivity contribution in [3.05, 3.63) is 16.6 Å². The molecule has 1 unspecified atom stereocenters. The Labute approximate surface area is 88.5 Å². The first-order valence-corrected chi connectivity index (χ1v) is 6.00. The zero-order valence-corrected chi connectivity index (χ0v) is 9.05. The van der Waals surface area contributed by atoms with E-state index in [1.54, 1.807) is 11.3 Å². The number of rotatable bonds is 4. The predicted octanol–water partition coefficient (Wildman–Crippen LogP) is 1.66. The minimum absolute atomic E-state index is 0.675. The number of ether oxygens (including phenoxy) is 1. The molecular formula is C10H16N2OS. The lowest BCUT2D eigenvalue weighted by molar-refractivity contribution is 0.0781. The van der Waals surface area contributed by atoms with Gasteiger partial charge in [-0.05, 0) is 25.3 Å². The minimum atomic E-state index is 0.675. The number of thiazole rings is 1. The van der Waals surface area contributed by atoms with Crippen molar-refractivity contribution in [2.75, 3.05) is 19.7 Å². The fourth-order valence-corrected chi connectivity index (χ4v) is 2.26. The highest BCUT2D eigenvalue weighted by Crippen LogP contribution is 2.12. The first-order chi connectivity index (χ1) is 6.95. The third-order valence-corrected chi connectivity index (χ3v) is 3.21. The average Bonchev–Trinajstić information content (AvgIpc) is 2.72. The zero-order chi connectivity index (χ0) is 9.64. The summed E-state index contributed by atoms with van der Waals surface area (Å²) in [6.07, 6.45) is 4.40. The van der Waals surface area contributed by atoms with Crippen LogP contribution in [-0.2, 0) is 11.3 Å². The van der Waals surface area contributed by atoms with Crippen LogP contribution in [0.25, 0.3) is 0 Å². The lowest BCUT2D eigenvalue weighted by atomic mass is 10.0. The molecule has 14 heavy (non-hydrogen) atoms. The number of aromatic nitrogens is 1. The number of hydrogen-bond acceptors (Lipinski definition) is 4. The monoisotopic (exact) mass is 212 g/mol. The van der Waals surface area contributed by atoms with Crippen LogP contribution in [0.4, 0.5) is 0 Å². The van der Waals surface area contributed by atoms with Crippen LogP contribution < -0.4 is 5.32 Å². The molecule has 0 radical (unpaired) electrons. The molecule has 0 saturated carbocycles. The van der Waals surface area contributed by atoms with Crippen molar-refractivity contribution in [2.45, 2.75) is 19.4 Å². The molecule has 1 fully saturated rings. The van der Waals surface area contributed by atoms with Gasteiger partial charge in [-0.25, -0.2) is 4.98 Å². The summed E-state index contributed by atoms with van der Waals surface area (Å²) in [6, 6.07) is 0. The van der Waals surface area contributed by atoms with Gasteiger partial charge in [0, 0.05) is 18.1 Å². The van der Waals surface area contributed by atoms with Crippen molar-refractivity contribution in [3.8, 4) is 0 Å². The highest BCUT2D eigenvalue weighted by molar-refractivity contribution is 7.09. The molecule has 1 atom stereocenters. The van der Waals surface area contributed by atoms with Crippen LogP contribution in [0.5, 0.6) is 0 Å². The standard InChI is InChI=1S/C10H16N2OS/c1-2-9(6-11-3-1)7-13-8-10-12-4-5-14-10/h4-5,9,11H,1-3,6-8H2. The van der Waals surface area contributed by atoms with E-state index in [4.69, 9.17) is 4.74 Å². The minimum Gasteiger partial charge on any atom is -0.374 e. The van der Waals surface area contributed by atoms with Crippen molar-refractivity contribution < 1.29 is 4.74 Å². The van der Waals surface area contributed by atoms with Crippen molar-refractivity contribution >= 4 is 11.3 Å². The van der Waals surface area contributed by atoms with E-state index in [1.807, 2.05) is 11.6 Å². The average molecular weight is 212 g/mol. The number of hydrogen-bond donors (Lipinski definition) is 1. The molecule has 4 heteroatoms. The third-order valence-electron chi connectivity index (χ3n) is 2.46. The fraction of sp³-hybridized carbons (Fsp3) is 0.700. The van der Waals surface area contributed by atoms with Crippen molar-refractivity contribution in [1.82, 2.24) is 10.3 Å². The van der Waals surface area contributed by atoms with Gasteiger partial charge < -0.3 is 10.1 Å². The van der Waals surface area contributed by atoms with E-state index in [2.05, 4.69) is 10.3 Å². The summed E-state index contributed by atoms with van der Waals surface area (Å²) < 4.78 is 5.63. The molecule has 0 spiro atoms. The van der Waals surface area contributed by atoms with Gasteiger partial charge in [0.1, 0.15) is 5.01 Å². The predicted molar refractivity (Wildman–Crippen MR) is 57.4 cm³/mol. The smallest absolute Gasteiger partial charge is 0.118 e. The molecular weight excluding hydrogens is 196 g/mol. The van der Waals surface area contributed by atoms with E-state index in [1.165, 1.54) is 19.4 Å². The molecule has 1 aromatic rings. The first kappa shape index (κ1) is 10.1. The highest BCUT2D eigenvalue weighted by atomic mass is 32.1. The Balaban J connectivity index is 1.62. The van der Waals surface area contributed by atoms with Crippen LogP contribution in [0.2, 0.25) is 0 Å². The summed E-state index contributed by atoms with van der Waals surface area (Å²) in [4.78, 5) is 4.18. The Morgan fingerprint density at radius 1 is 1.64 bits per heavy atom. The molecule has 78 valence electrons. The topological polar surface area (TPSA) is 34.1 Å². The molecule has 0 aliphatic carbocycles. The maximum Gasteiger partial charge on any atom is 0.118 e. The summed E-state index contributed by atoms with van der Waals surface area (Å²) in [5.41, 5.74) is 0. The second-order valence-corrected chi connectivity index (χ2v) is 4.63. The van der Waals surface area contributed by atoms with Crippen LogP contribution in [-0.4, -0.2) is 24.7 Å². The lowest BCUT2D eigenvalue weighted by Gasteiger charge is -2.22. The van der Waals surface area contributed by atoms with E-state index in [9.17, 15) is 0 Å². The van der Waals surface area contributed by atoms with Gasteiger partial charge in [-0.2, -0.15) is 0 Å². The van der Waals surface area contributed by atoms with Gasteiger partial charge in [-0.1, -0.05) is 0 Å². The molecule has 0 bridgehead atoms. The van der Waals surface area contributed by atoms with E-state index in [-0.39, 0.29) is 0 Å². The van der Waals surface area contributed by atoms with Crippen LogP contribution >= 0.6 is 11.3 Å². The van der Waals surface area contributed by atoms with Gasteiger partial charge in [0.05, 0.1) is 13.2 Å². The van der Waals surface area contributed by atoms with Gasteiger partial charge in [0.2, 0.25) is 0 Å². The van der Waals surface area contributed by atoms with Gasteiger partial charge in [-0.3, -0.25) is 0 Å². The molecule has 2 heterocycles. The highest BCUT2D eigenvalue weighted by Gasteiger charge is 2.12. The molecule has 1 aromatic heterocycles. The van der Waals surface area contributed by atoms with Gasteiger partial charge in [0.25, 0.3) is 0 Å². The third kappa shape index (κ3) is 3.04. The second-order valence-electron chi connectivity index (χ2n) is 3.65. The summed E-state index contributed by atoms with van der Waals surface area (Å²) in [6.45, 7) is 3.82. The number of nitrogens with one attached hydrogen (secondary N) is 1. The SMILES string of the molecule is c1csc(COCC2CCCNC2)n1. The Morgan fingerprint density at radius 2 is 2.64 bits per heavy atom. The molecule has 2 rings (SSSR count). The van der Waals surface area contributed by atoms with E-state index < -0.39 is 0 Å². The molecule has 0 aromatic carbocycles. The number of piperidine rings is 1. The van der Waals surface area contributed by atoms with Crippen LogP contribution in [0.3, 0.4) is 0 Å². The van der Waals surface area contributed by atoms with Gasteiger partial charge in [0.15, 0.2) is 0 Å². The van der Waals surface area contributed by atoms with E-state index in [0.717, 1.165) is 18.2 Å². The Bertz CT molecular complexity index is 245. The maximum absolute atomic E-state index is 5.63. The largest absolute Gasteiger partial charge is 0.374 e. The van der Waals surface area contributed by atoms with E-state index in [0.29, 0.717) is 12.5 Å². The van der Waals surface area contributed by atoms with Crippen LogP contribution in [0, 0.1) is 5.92 Å². The van der Waals surface area contributed by atoms with Crippen molar-refractivity contribution in [2.24, 2.45) is 5.92 Å². The summed E-state index contributed by atoms with van der Waals surface area (Å²) in [7, 11) is 0. The zero-order valence-electron chi connectivity index (χ0n) is 8.24. The summed E-state index contributed by atoms with van der Waals surface area (Å²) >= 11 is 1.66. The molecule has 3 nitrogen and oxygen atoms in total. The first-order valence-electron chi connectivity index (χ1n) is 5.12. The van der Waals surface area contributed by atoms with Crippen molar-refractivity contribution in [1.29, 1.82) is 0 Å². The molecule has 1 saturated heterocycles.